The second-order valence-electron chi connectivity index (χ2n) is 4.72. The number of rotatable bonds is 8. The Morgan fingerprint density at radius 3 is 2.75 bits per heavy atom. The second-order valence-corrected chi connectivity index (χ2v) is 5.80. The van der Waals surface area contributed by atoms with Crippen LogP contribution in [0.2, 0.25) is 0 Å². The molecule has 0 bridgehead atoms. The summed E-state index contributed by atoms with van der Waals surface area (Å²) in [6, 6.07) is 10.3. The highest BCUT2D eigenvalue weighted by molar-refractivity contribution is 7.15. The number of benzene rings is 1. The van der Waals surface area contributed by atoms with Crippen molar-refractivity contribution in [2.24, 2.45) is 0 Å². The molecule has 0 saturated heterocycles. The first-order chi connectivity index (χ1) is 9.85. The zero-order valence-electron chi connectivity index (χ0n) is 12.2. The van der Waals surface area contributed by atoms with E-state index in [0.717, 1.165) is 23.8 Å². The van der Waals surface area contributed by atoms with Gasteiger partial charge in [-0.3, -0.25) is 0 Å². The molecule has 0 unspecified atom stereocenters. The van der Waals surface area contributed by atoms with Gasteiger partial charge in [0.2, 0.25) is 0 Å². The van der Waals surface area contributed by atoms with Gasteiger partial charge in [-0.05, 0) is 13.0 Å². The summed E-state index contributed by atoms with van der Waals surface area (Å²) < 4.78 is 5.26. The van der Waals surface area contributed by atoms with E-state index in [2.05, 4.69) is 24.4 Å². The zero-order valence-corrected chi connectivity index (χ0v) is 13.0. The molecule has 4 heteroatoms. The van der Waals surface area contributed by atoms with E-state index in [1.165, 1.54) is 23.3 Å². The third-order valence-corrected chi connectivity index (χ3v) is 4.22. The number of hydrogen-bond acceptors (Lipinski definition) is 4. The molecule has 0 spiro atoms. The van der Waals surface area contributed by atoms with E-state index in [0.29, 0.717) is 6.61 Å². The SMILES string of the molecule is CCCCNCc1sc(-c2ccccc2)nc1COC. The van der Waals surface area contributed by atoms with E-state index >= 15 is 0 Å². The lowest BCUT2D eigenvalue weighted by Crippen LogP contribution is -2.14. The van der Waals surface area contributed by atoms with Gasteiger partial charge >= 0.3 is 0 Å². The molecule has 2 rings (SSSR count). The fourth-order valence-corrected chi connectivity index (χ4v) is 3.02. The molecule has 0 saturated carbocycles. The minimum atomic E-state index is 0.578. The lowest BCUT2D eigenvalue weighted by atomic mass is 10.2. The van der Waals surface area contributed by atoms with Crippen LogP contribution in [0.3, 0.4) is 0 Å². The third kappa shape index (κ3) is 4.13. The molecule has 0 aliphatic carbocycles. The minimum absolute atomic E-state index is 0.578. The van der Waals surface area contributed by atoms with Crippen LogP contribution in [-0.2, 0) is 17.9 Å². The average molecular weight is 290 g/mol. The minimum Gasteiger partial charge on any atom is -0.378 e. The van der Waals surface area contributed by atoms with Crippen LogP contribution < -0.4 is 5.32 Å². The summed E-state index contributed by atoms with van der Waals surface area (Å²) in [6.07, 6.45) is 2.43. The van der Waals surface area contributed by atoms with Crippen molar-refractivity contribution >= 4 is 11.3 Å². The topological polar surface area (TPSA) is 34.2 Å². The van der Waals surface area contributed by atoms with E-state index in [1.54, 1.807) is 18.4 Å². The van der Waals surface area contributed by atoms with Gasteiger partial charge in [0.1, 0.15) is 5.01 Å². The van der Waals surface area contributed by atoms with Crippen LogP contribution in [-0.4, -0.2) is 18.6 Å². The Hall–Kier alpha value is -1.23. The molecule has 0 aliphatic rings. The average Bonchev–Trinajstić information content (AvgIpc) is 2.88. The monoisotopic (exact) mass is 290 g/mol. The van der Waals surface area contributed by atoms with Crippen molar-refractivity contribution in [2.75, 3.05) is 13.7 Å². The molecule has 0 radical (unpaired) electrons. The Balaban J connectivity index is 2.11. The summed E-state index contributed by atoms with van der Waals surface area (Å²) in [5.74, 6) is 0. The number of hydrogen-bond donors (Lipinski definition) is 1. The molecule has 1 heterocycles. The van der Waals surface area contributed by atoms with Gasteiger partial charge in [0.05, 0.1) is 12.3 Å². The number of unbranched alkanes of at least 4 members (excludes halogenated alkanes) is 1. The standard InChI is InChI=1S/C16H22N2OS/c1-3-4-10-17-11-15-14(12-19-2)18-16(20-15)13-8-6-5-7-9-13/h5-9,17H,3-4,10-12H2,1-2H3. The number of nitrogens with zero attached hydrogens (tertiary/aromatic N) is 1. The summed E-state index contributed by atoms with van der Waals surface area (Å²) in [5.41, 5.74) is 2.23. The number of ether oxygens (including phenoxy) is 1. The molecule has 2 aromatic rings. The number of nitrogens with one attached hydrogen (secondary N) is 1. The normalized spacial score (nSPS) is 10.9. The van der Waals surface area contributed by atoms with E-state index in [4.69, 9.17) is 9.72 Å². The van der Waals surface area contributed by atoms with Crippen LogP contribution in [0.15, 0.2) is 30.3 Å². The van der Waals surface area contributed by atoms with Crippen molar-refractivity contribution in [3.8, 4) is 10.6 Å². The summed E-state index contributed by atoms with van der Waals surface area (Å²) in [7, 11) is 1.72. The highest BCUT2D eigenvalue weighted by Crippen LogP contribution is 2.28. The highest BCUT2D eigenvalue weighted by Gasteiger charge is 2.11. The molecule has 3 nitrogen and oxygen atoms in total. The van der Waals surface area contributed by atoms with Crippen LogP contribution in [0.1, 0.15) is 30.3 Å². The first-order valence-corrected chi connectivity index (χ1v) is 7.90. The van der Waals surface area contributed by atoms with E-state index in [1.807, 2.05) is 18.2 Å². The van der Waals surface area contributed by atoms with Gasteiger partial charge in [0, 0.05) is 24.1 Å². The van der Waals surface area contributed by atoms with Crippen molar-refractivity contribution in [1.82, 2.24) is 10.3 Å². The van der Waals surface area contributed by atoms with Crippen molar-refractivity contribution < 1.29 is 4.74 Å². The van der Waals surface area contributed by atoms with Gasteiger partial charge in [0.25, 0.3) is 0 Å². The largest absolute Gasteiger partial charge is 0.378 e. The summed E-state index contributed by atoms with van der Waals surface area (Å²) in [5, 5.41) is 4.56. The Kier molecular flexibility index (Phi) is 6.18. The van der Waals surface area contributed by atoms with E-state index in [9.17, 15) is 0 Å². The Bertz CT molecular complexity index is 510. The molecular weight excluding hydrogens is 268 g/mol. The third-order valence-electron chi connectivity index (χ3n) is 3.07. The van der Waals surface area contributed by atoms with Gasteiger partial charge in [0.15, 0.2) is 0 Å². The first-order valence-electron chi connectivity index (χ1n) is 7.08. The van der Waals surface area contributed by atoms with Crippen LogP contribution in [0.5, 0.6) is 0 Å². The van der Waals surface area contributed by atoms with Crippen LogP contribution in [0.4, 0.5) is 0 Å². The second kappa shape index (κ2) is 8.15. The predicted molar refractivity (Wildman–Crippen MR) is 84.9 cm³/mol. The van der Waals surface area contributed by atoms with Crippen LogP contribution in [0.25, 0.3) is 10.6 Å². The van der Waals surface area contributed by atoms with Gasteiger partial charge in [-0.25, -0.2) is 4.98 Å². The molecule has 1 aromatic carbocycles. The zero-order chi connectivity index (χ0) is 14.2. The summed E-state index contributed by atoms with van der Waals surface area (Å²) in [6.45, 7) is 4.72. The van der Waals surface area contributed by atoms with Crippen LogP contribution >= 0.6 is 11.3 Å². The van der Waals surface area contributed by atoms with Gasteiger partial charge < -0.3 is 10.1 Å². The number of thiazole rings is 1. The quantitative estimate of drug-likeness (QED) is 0.750. The lowest BCUT2D eigenvalue weighted by molar-refractivity contribution is 0.181. The summed E-state index contributed by atoms with van der Waals surface area (Å²) in [4.78, 5) is 6.00. The first kappa shape index (κ1) is 15.2. The summed E-state index contributed by atoms with van der Waals surface area (Å²) >= 11 is 1.76. The van der Waals surface area contributed by atoms with Crippen LogP contribution in [0, 0.1) is 0 Å². The van der Waals surface area contributed by atoms with Crippen molar-refractivity contribution in [3.63, 3.8) is 0 Å². The molecule has 108 valence electrons. The maximum absolute atomic E-state index is 5.26. The molecular formula is C16H22N2OS. The smallest absolute Gasteiger partial charge is 0.124 e. The molecule has 20 heavy (non-hydrogen) atoms. The predicted octanol–water partition coefficient (Wildman–Crippen LogP) is 3.85. The molecule has 0 atom stereocenters. The number of methoxy groups -OCH3 is 1. The molecule has 0 aliphatic heterocycles. The van der Waals surface area contributed by atoms with Crippen molar-refractivity contribution in [3.05, 3.63) is 40.9 Å². The van der Waals surface area contributed by atoms with Crippen molar-refractivity contribution in [1.29, 1.82) is 0 Å². The van der Waals surface area contributed by atoms with Gasteiger partial charge in [-0.2, -0.15) is 0 Å². The Morgan fingerprint density at radius 2 is 2.05 bits per heavy atom. The lowest BCUT2D eigenvalue weighted by Gasteiger charge is -2.03. The van der Waals surface area contributed by atoms with E-state index in [-0.39, 0.29) is 0 Å². The maximum Gasteiger partial charge on any atom is 0.124 e. The Morgan fingerprint density at radius 1 is 1.25 bits per heavy atom. The van der Waals surface area contributed by atoms with Gasteiger partial charge in [-0.15, -0.1) is 11.3 Å². The molecule has 0 fully saturated rings. The highest BCUT2D eigenvalue weighted by atomic mass is 32.1. The Labute approximate surface area is 125 Å². The molecule has 0 amide bonds. The van der Waals surface area contributed by atoms with E-state index < -0.39 is 0 Å². The van der Waals surface area contributed by atoms with Crippen molar-refractivity contribution in [2.45, 2.75) is 32.9 Å². The maximum atomic E-state index is 5.26. The molecule has 1 aromatic heterocycles. The van der Waals surface area contributed by atoms with Gasteiger partial charge in [-0.1, -0.05) is 43.7 Å². The number of aromatic nitrogens is 1. The molecule has 1 N–H and O–H groups in total. The fraction of sp³-hybridized carbons (Fsp3) is 0.438. The fourth-order valence-electron chi connectivity index (χ4n) is 1.98.